The Balaban J connectivity index is 3.13. The predicted octanol–water partition coefficient (Wildman–Crippen LogP) is 3.08. The number of nitrogens with zero attached hydrogens (tertiary/aromatic N) is 2. The van der Waals surface area contributed by atoms with Crippen LogP contribution in [0.5, 0.6) is 5.75 Å². The zero-order chi connectivity index (χ0) is 13.5. The number of methoxy groups -OCH3 is 1. The molecule has 0 saturated heterocycles. The molecule has 0 spiro atoms. The summed E-state index contributed by atoms with van der Waals surface area (Å²) in [6.45, 7) is 4.18. The molecule has 0 aliphatic rings. The Bertz CT molecular complexity index is 457. The summed E-state index contributed by atoms with van der Waals surface area (Å²) < 4.78 is 10.4. The van der Waals surface area contributed by atoms with Crippen LogP contribution in [0.4, 0.5) is 11.4 Å². The quantitative estimate of drug-likeness (QED) is 0.349. The van der Waals surface area contributed by atoms with E-state index in [0.29, 0.717) is 23.9 Å². The van der Waals surface area contributed by atoms with Crippen LogP contribution >= 0.6 is 0 Å². The van der Waals surface area contributed by atoms with Crippen molar-refractivity contribution in [1.29, 1.82) is 0 Å². The van der Waals surface area contributed by atoms with Crippen molar-refractivity contribution in [3.63, 3.8) is 0 Å². The highest BCUT2D eigenvalue weighted by atomic mass is 16.6. The lowest BCUT2D eigenvalue weighted by atomic mass is 10.2. The zero-order valence-electron chi connectivity index (χ0n) is 10.7. The van der Waals surface area contributed by atoms with Gasteiger partial charge in [0.1, 0.15) is 11.4 Å². The SMILES string of the molecule is CCCOc1ccc([N+](=O)[O-])cc1/N=C(/C)OC. The Morgan fingerprint density at radius 1 is 1.50 bits per heavy atom. The van der Waals surface area contributed by atoms with Gasteiger partial charge < -0.3 is 9.47 Å². The number of benzene rings is 1. The van der Waals surface area contributed by atoms with Crippen LogP contribution in [0.3, 0.4) is 0 Å². The molecule has 0 aliphatic carbocycles. The van der Waals surface area contributed by atoms with Crippen LogP contribution in [0.25, 0.3) is 0 Å². The smallest absolute Gasteiger partial charge is 0.271 e. The van der Waals surface area contributed by atoms with E-state index in [1.54, 1.807) is 13.0 Å². The van der Waals surface area contributed by atoms with Gasteiger partial charge in [-0.05, 0) is 12.5 Å². The maximum atomic E-state index is 10.7. The molecule has 0 saturated carbocycles. The van der Waals surface area contributed by atoms with Crippen LogP contribution in [-0.4, -0.2) is 24.5 Å². The van der Waals surface area contributed by atoms with Crippen molar-refractivity contribution in [3.05, 3.63) is 28.3 Å². The van der Waals surface area contributed by atoms with Gasteiger partial charge in [0.25, 0.3) is 5.69 Å². The van der Waals surface area contributed by atoms with Crippen molar-refractivity contribution in [2.75, 3.05) is 13.7 Å². The molecule has 18 heavy (non-hydrogen) atoms. The minimum atomic E-state index is -0.468. The van der Waals surface area contributed by atoms with Crippen LogP contribution in [0, 0.1) is 10.1 Å². The summed E-state index contributed by atoms with van der Waals surface area (Å²) in [7, 11) is 1.49. The molecule has 1 aromatic carbocycles. The fraction of sp³-hybridized carbons (Fsp3) is 0.417. The average Bonchev–Trinajstić information content (AvgIpc) is 2.36. The fourth-order valence-corrected chi connectivity index (χ4v) is 1.26. The number of ether oxygens (including phenoxy) is 2. The molecule has 0 aromatic heterocycles. The second-order valence-electron chi connectivity index (χ2n) is 3.59. The van der Waals surface area contributed by atoms with E-state index in [1.165, 1.54) is 19.2 Å². The van der Waals surface area contributed by atoms with E-state index in [-0.39, 0.29) is 5.69 Å². The summed E-state index contributed by atoms with van der Waals surface area (Å²) in [5.74, 6) is 0.927. The van der Waals surface area contributed by atoms with Crippen molar-refractivity contribution < 1.29 is 14.4 Å². The van der Waals surface area contributed by atoms with Crippen molar-refractivity contribution >= 4 is 17.3 Å². The monoisotopic (exact) mass is 252 g/mol. The third kappa shape index (κ3) is 3.73. The van der Waals surface area contributed by atoms with Crippen LogP contribution in [0.2, 0.25) is 0 Å². The van der Waals surface area contributed by atoms with Crippen molar-refractivity contribution in [2.24, 2.45) is 4.99 Å². The molecule has 0 heterocycles. The molecule has 0 radical (unpaired) electrons. The summed E-state index contributed by atoms with van der Waals surface area (Å²) in [5.41, 5.74) is 0.374. The number of nitro groups is 1. The molecular weight excluding hydrogens is 236 g/mol. The molecule has 0 bridgehead atoms. The zero-order valence-corrected chi connectivity index (χ0v) is 10.7. The number of hydrogen-bond donors (Lipinski definition) is 0. The molecule has 98 valence electrons. The molecule has 0 amide bonds. The summed E-state index contributed by atoms with van der Waals surface area (Å²) in [6.07, 6.45) is 0.851. The Kier molecular flexibility index (Phi) is 5.10. The van der Waals surface area contributed by atoms with Gasteiger partial charge in [-0.3, -0.25) is 10.1 Å². The molecule has 0 unspecified atom stereocenters. The van der Waals surface area contributed by atoms with Crippen molar-refractivity contribution in [3.8, 4) is 5.75 Å². The van der Waals surface area contributed by atoms with E-state index < -0.39 is 4.92 Å². The molecule has 0 fully saturated rings. The lowest BCUT2D eigenvalue weighted by molar-refractivity contribution is -0.384. The number of aliphatic imine (C=N–C) groups is 1. The maximum Gasteiger partial charge on any atom is 0.271 e. The van der Waals surface area contributed by atoms with Gasteiger partial charge in [-0.2, -0.15) is 0 Å². The molecule has 1 aromatic rings. The lowest BCUT2D eigenvalue weighted by Gasteiger charge is -2.08. The van der Waals surface area contributed by atoms with E-state index in [9.17, 15) is 10.1 Å². The second-order valence-corrected chi connectivity index (χ2v) is 3.59. The van der Waals surface area contributed by atoms with E-state index >= 15 is 0 Å². The summed E-state index contributed by atoms with van der Waals surface area (Å²) >= 11 is 0. The molecular formula is C12H16N2O4. The summed E-state index contributed by atoms with van der Waals surface area (Å²) in [6, 6.07) is 4.31. The van der Waals surface area contributed by atoms with Gasteiger partial charge in [0.15, 0.2) is 5.90 Å². The number of nitro benzene ring substituents is 1. The largest absolute Gasteiger partial charge is 0.491 e. The van der Waals surface area contributed by atoms with Crippen LogP contribution in [0.15, 0.2) is 23.2 Å². The topological polar surface area (TPSA) is 74.0 Å². The van der Waals surface area contributed by atoms with E-state index in [0.717, 1.165) is 6.42 Å². The molecule has 1 rings (SSSR count). The first kappa shape index (κ1) is 14.0. The normalized spacial score (nSPS) is 11.2. The minimum absolute atomic E-state index is 0.0264. The van der Waals surface area contributed by atoms with Crippen molar-refractivity contribution in [2.45, 2.75) is 20.3 Å². The van der Waals surface area contributed by atoms with Gasteiger partial charge in [-0.15, -0.1) is 0 Å². The first-order valence-electron chi connectivity index (χ1n) is 5.59. The fourth-order valence-electron chi connectivity index (χ4n) is 1.26. The first-order valence-corrected chi connectivity index (χ1v) is 5.59. The molecule has 0 N–H and O–H groups in total. The van der Waals surface area contributed by atoms with E-state index in [4.69, 9.17) is 9.47 Å². The highest BCUT2D eigenvalue weighted by Crippen LogP contribution is 2.32. The Morgan fingerprint density at radius 2 is 2.22 bits per heavy atom. The highest BCUT2D eigenvalue weighted by Gasteiger charge is 2.11. The first-order chi connectivity index (χ1) is 8.58. The highest BCUT2D eigenvalue weighted by molar-refractivity contribution is 5.78. The molecule has 0 atom stereocenters. The van der Waals surface area contributed by atoms with Crippen LogP contribution < -0.4 is 4.74 Å². The maximum absolute atomic E-state index is 10.7. The van der Waals surface area contributed by atoms with Gasteiger partial charge in [-0.25, -0.2) is 4.99 Å². The van der Waals surface area contributed by atoms with Gasteiger partial charge in [-0.1, -0.05) is 6.92 Å². The van der Waals surface area contributed by atoms with Gasteiger partial charge in [0, 0.05) is 19.1 Å². The predicted molar refractivity (Wildman–Crippen MR) is 68.7 cm³/mol. The van der Waals surface area contributed by atoms with Gasteiger partial charge >= 0.3 is 0 Å². The van der Waals surface area contributed by atoms with Crippen LogP contribution in [0.1, 0.15) is 20.3 Å². The Hall–Kier alpha value is -2.11. The van der Waals surface area contributed by atoms with E-state index in [2.05, 4.69) is 4.99 Å². The Morgan fingerprint density at radius 3 is 2.78 bits per heavy atom. The second kappa shape index (κ2) is 6.58. The third-order valence-corrected chi connectivity index (χ3v) is 2.19. The molecule has 6 heteroatoms. The minimum Gasteiger partial charge on any atom is -0.491 e. The lowest BCUT2D eigenvalue weighted by Crippen LogP contribution is -1.98. The number of rotatable bonds is 5. The summed E-state index contributed by atoms with van der Waals surface area (Å²) in [4.78, 5) is 14.4. The molecule has 6 nitrogen and oxygen atoms in total. The summed E-state index contributed by atoms with van der Waals surface area (Å²) in [5, 5.41) is 10.7. The molecule has 0 aliphatic heterocycles. The number of non-ortho nitro benzene ring substituents is 1. The Labute approximate surface area is 105 Å². The average molecular weight is 252 g/mol. The third-order valence-electron chi connectivity index (χ3n) is 2.19. The number of hydrogen-bond acceptors (Lipinski definition) is 5. The van der Waals surface area contributed by atoms with Gasteiger partial charge in [0.2, 0.25) is 0 Å². The van der Waals surface area contributed by atoms with Gasteiger partial charge in [0.05, 0.1) is 18.6 Å². The van der Waals surface area contributed by atoms with Crippen LogP contribution in [-0.2, 0) is 4.74 Å². The standard InChI is InChI=1S/C12H16N2O4/c1-4-7-18-12-6-5-10(14(15)16)8-11(12)13-9(2)17-3/h5-6,8H,4,7H2,1-3H3/b13-9-. The van der Waals surface area contributed by atoms with E-state index in [1.807, 2.05) is 6.92 Å². The van der Waals surface area contributed by atoms with Crippen molar-refractivity contribution in [1.82, 2.24) is 0 Å².